The summed E-state index contributed by atoms with van der Waals surface area (Å²) in [5.74, 6) is 2.19. The number of rotatable bonds is 14. The van der Waals surface area contributed by atoms with E-state index in [1.807, 2.05) is 41.7 Å². The molecule has 3 atom stereocenters. The summed E-state index contributed by atoms with van der Waals surface area (Å²) in [4.78, 5) is 0. The van der Waals surface area contributed by atoms with Gasteiger partial charge in [-0.3, -0.25) is 0 Å². The van der Waals surface area contributed by atoms with Crippen LogP contribution in [0.1, 0.15) is 59.9 Å². The van der Waals surface area contributed by atoms with Gasteiger partial charge in [0, 0.05) is 12.3 Å². The average Bonchev–Trinajstić information content (AvgIpc) is 2.82. The molecule has 0 aromatic heterocycles. The van der Waals surface area contributed by atoms with Gasteiger partial charge in [0.05, 0.1) is 36.1 Å². The molecule has 0 saturated carbocycles. The summed E-state index contributed by atoms with van der Waals surface area (Å²) < 4.78 is 19.7. The van der Waals surface area contributed by atoms with Crippen molar-refractivity contribution in [2.75, 3.05) is 24.7 Å². The van der Waals surface area contributed by atoms with Gasteiger partial charge in [-0.2, -0.15) is 0 Å². The first kappa shape index (κ1) is 35.1. The van der Waals surface area contributed by atoms with Gasteiger partial charge in [0.15, 0.2) is 16.6 Å². The second kappa shape index (κ2) is 14.4. The van der Waals surface area contributed by atoms with Gasteiger partial charge in [-0.15, -0.1) is 30.1 Å². The van der Waals surface area contributed by atoms with E-state index in [1.54, 1.807) is 0 Å². The molecule has 4 nitrogen and oxygen atoms in total. The van der Waals surface area contributed by atoms with Crippen LogP contribution in [0, 0.1) is 5.92 Å². The van der Waals surface area contributed by atoms with Gasteiger partial charge in [0.2, 0.25) is 0 Å². The number of aliphatic hydroxyl groups is 1. The maximum atomic E-state index is 11.3. The van der Waals surface area contributed by atoms with Gasteiger partial charge in [0.1, 0.15) is 0 Å². The zero-order valence-corrected chi connectivity index (χ0v) is 30.0. The number of hydrogen-bond acceptors (Lipinski definition) is 6. The fraction of sp³-hybridized carbons (Fsp3) is 0.742. The minimum Gasteiger partial charge on any atom is -0.414 e. The quantitative estimate of drug-likeness (QED) is 0.167. The molecule has 0 aliphatic carbocycles. The fourth-order valence-electron chi connectivity index (χ4n) is 4.20. The molecule has 8 heteroatoms. The third kappa shape index (κ3) is 10.0. The highest BCUT2D eigenvalue weighted by atomic mass is 32.2. The summed E-state index contributed by atoms with van der Waals surface area (Å²) in [5.41, 5.74) is 1.12. The summed E-state index contributed by atoms with van der Waals surface area (Å²) in [5, 5.41) is 11.5. The van der Waals surface area contributed by atoms with E-state index < -0.39 is 22.7 Å². The van der Waals surface area contributed by atoms with E-state index in [2.05, 4.69) is 92.5 Å². The van der Waals surface area contributed by atoms with E-state index >= 15 is 0 Å². The van der Waals surface area contributed by atoms with Crippen LogP contribution in [0.15, 0.2) is 43.0 Å². The second-order valence-corrected chi connectivity index (χ2v) is 26.6. The van der Waals surface area contributed by atoms with Crippen LogP contribution in [-0.2, 0) is 20.2 Å². The normalized spacial score (nSPS) is 19.4. The first-order valence-electron chi connectivity index (χ1n) is 14.5. The van der Waals surface area contributed by atoms with Crippen molar-refractivity contribution in [3.8, 4) is 0 Å². The van der Waals surface area contributed by atoms with Gasteiger partial charge in [-0.05, 0) is 59.8 Å². The maximum Gasteiger partial charge on any atom is 0.192 e. The first-order chi connectivity index (χ1) is 17.9. The third-order valence-electron chi connectivity index (χ3n) is 8.75. The van der Waals surface area contributed by atoms with Crippen LogP contribution in [0.5, 0.6) is 0 Å². The largest absolute Gasteiger partial charge is 0.414 e. The van der Waals surface area contributed by atoms with Gasteiger partial charge < -0.3 is 18.7 Å². The molecular formula is C31H56O4S2Si2. The van der Waals surface area contributed by atoms with E-state index in [0.29, 0.717) is 26.2 Å². The molecule has 2 rings (SSSR count). The third-order valence-corrected chi connectivity index (χ3v) is 21.3. The fourth-order valence-corrected chi connectivity index (χ4v) is 10.3. The van der Waals surface area contributed by atoms with Gasteiger partial charge in [-0.1, -0.05) is 78.0 Å². The molecule has 1 N–H and O–H groups in total. The van der Waals surface area contributed by atoms with Crippen molar-refractivity contribution in [1.29, 1.82) is 0 Å². The Morgan fingerprint density at radius 2 is 1.51 bits per heavy atom. The summed E-state index contributed by atoms with van der Waals surface area (Å²) in [6.45, 7) is 28.7. The Hall–Kier alpha value is -0.0662. The van der Waals surface area contributed by atoms with Crippen LogP contribution in [0.4, 0.5) is 0 Å². The SMILES string of the molecule is C=C[C@H]([C@H](CO[Si](C)(C)C(C)(C)C)O[Si](C)(C)C(C)(C)C)C1(C[C@@H](O)COCc2ccccc2)SCCCS1. The maximum absolute atomic E-state index is 11.3. The van der Waals surface area contributed by atoms with Crippen molar-refractivity contribution in [3.63, 3.8) is 0 Å². The Labute approximate surface area is 250 Å². The van der Waals surface area contributed by atoms with Crippen molar-refractivity contribution in [2.24, 2.45) is 5.92 Å². The number of aliphatic hydroxyl groups excluding tert-OH is 1. The number of hydrogen-bond donors (Lipinski definition) is 1. The topological polar surface area (TPSA) is 47.9 Å². The molecule has 0 bridgehead atoms. The predicted octanol–water partition coefficient (Wildman–Crippen LogP) is 8.74. The minimum absolute atomic E-state index is 0.0375. The van der Waals surface area contributed by atoms with E-state index in [0.717, 1.165) is 17.1 Å². The van der Waals surface area contributed by atoms with Crippen LogP contribution in [0.3, 0.4) is 0 Å². The van der Waals surface area contributed by atoms with E-state index in [1.165, 1.54) is 6.42 Å². The number of ether oxygens (including phenoxy) is 1. The van der Waals surface area contributed by atoms with Crippen molar-refractivity contribution in [3.05, 3.63) is 48.6 Å². The Balaban J connectivity index is 2.31. The second-order valence-electron chi connectivity index (χ2n) is 14.0. The molecule has 224 valence electrons. The summed E-state index contributed by atoms with van der Waals surface area (Å²) in [7, 11) is -4.09. The molecule has 0 amide bonds. The highest BCUT2D eigenvalue weighted by molar-refractivity contribution is 8.18. The van der Waals surface area contributed by atoms with E-state index in [-0.39, 0.29) is 26.2 Å². The van der Waals surface area contributed by atoms with Crippen LogP contribution in [0.25, 0.3) is 0 Å². The Morgan fingerprint density at radius 1 is 0.949 bits per heavy atom. The number of benzene rings is 1. The Kier molecular flexibility index (Phi) is 13.0. The Morgan fingerprint density at radius 3 is 2.03 bits per heavy atom. The van der Waals surface area contributed by atoms with Crippen LogP contribution in [-0.4, -0.2) is 62.7 Å². The summed E-state index contributed by atoms with van der Waals surface area (Å²) >= 11 is 3.94. The van der Waals surface area contributed by atoms with Crippen molar-refractivity contribution in [1.82, 2.24) is 0 Å². The lowest BCUT2D eigenvalue weighted by Crippen LogP contribution is -2.53. The molecule has 0 radical (unpaired) electrons. The van der Waals surface area contributed by atoms with Crippen molar-refractivity contribution >= 4 is 40.2 Å². The zero-order valence-electron chi connectivity index (χ0n) is 26.3. The van der Waals surface area contributed by atoms with E-state index in [4.69, 9.17) is 13.6 Å². The lowest BCUT2D eigenvalue weighted by Gasteiger charge is -2.49. The van der Waals surface area contributed by atoms with Crippen LogP contribution < -0.4 is 0 Å². The standard InChI is InChI=1S/C31H56O4S2Si2/c1-12-27(28(35-39(10,11)30(5,6)7)24-34-38(8,9)29(2,3)4)31(36-19-16-20-37-31)21-26(32)23-33-22-25-17-14-13-15-18-25/h12-15,17-18,26-28,32H,1,16,19-24H2,2-11H3/t26-,27-,28+/m1/s1. The van der Waals surface area contributed by atoms with Gasteiger partial charge >= 0.3 is 0 Å². The number of thioether (sulfide) groups is 2. The highest BCUT2D eigenvalue weighted by Gasteiger charge is 2.49. The molecule has 1 aliphatic rings. The van der Waals surface area contributed by atoms with Gasteiger partial charge in [-0.25, -0.2) is 0 Å². The molecule has 1 saturated heterocycles. The van der Waals surface area contributed by atoms with Crippen molar-refractivity contribution in [2.45, 2.75) is 114 Å². The Bertz CT molecular complexity index is 875. The average molecular weight is 613 g/mol. The molecule has 39 heavy (non-hydrogen) atoms. The molecule has 1 heterocycles. The molecule has 1 aliphatic heterocycles. The molecule has 0 spiro atoms. The monoisotopic (exact) mass is 612 g/mol. The van der Waals surface area contributed by atoms with Crippen molar-refractivity contribution < 1.29 is 18.7 Å². The first-order valence-corrected chi connectivity index (χ1v) is 22.2. The highest BCUT2D eigenvalue weighted by Crippen LogP contribution is 2.53. The summed E-state index contributed by atoms with van der Waals surface area (Å²) in [6, 6.07) is 10.1. The van der Waals surface area contributed by atoms with Crippen LogP contribution >= 0.6 is 23.5 Å². The minimum atomic E-state index is -2.10. The zero-order chi connectivity index (χ0) is 29.5. The molecular weight excluding hydrogens is 557 g/mol. The molecule has 1 fully saturated rings. The van der Waals surface area contributed by atoms with Crippen LogP contribution in [0.2, 0.25) is 36.3 Å². The lowest BCUT2D eigenvalue weighted by atomic mass is 9.94. The lowest BCUT2D eigenvalue weighted by molar-refractivity contribution is 0.0150. The molecule has 1 aromatic carbocycles. The van der Waals surface area contributed by atoms with Gasteiger partial charge in [0.25, 0.3) is 0 Å². The van der Waals surface area contributed by atoms with E-state index in [9.17, 15) is 5.11 Å². The predicted molar refractivity (Wildman–Crippen MR) is 178 cm³/mol. The molecule has 0 unspecified atom stereocenters. The molecule has 1 aromatic rings. The smallest absolute Gasteiger partial charge is 0.192 e. The summed E-state index contributed by atoms with van der Waals surface area (Å²) in [6.07, 6.45) is 3.22.